The Morgan fingerprint density at radius 2 is 1.78 bits per heavy atom. The lowest BCUT2D eigenvalue weighted by molar-refractivity contribution is -0.140. The summed E-state index contributed by atoms with van der Waals surface area (Å²) in [7, 11) is 0. The molecule has 13 heteroatoms. The Balaban J connectivity index is 1.50. The second kappa shape index (κ2) is 14.7. The van der Waals surface area contributed by atoms with Gasteiger partial charge in [-0.1, -0.05) is 51.1 Å². The van der Waals surface area contributed by atoms with Crippen LogP contribution in [0, 0.1) is 12.8 Å². The van der Waals surface area contributed by atoms with Crippen molar-refractivity contribution in [2.24, 2.45) is 5.92 Å². The van der Waals surface area contributed by atoms with Crippen molar-refractivity contribution in [3.05, 3.63) is 48.0 Å². The summed E-state index contributed by atoms with van der Waals surface area (Å²) in [6.07, 6.45) is 1.88. The summed E-state index contributed by atoms with van der Waals surface area (Å²) in [6.45, 7) is 8.00. The molecule has 41 heavy (non-hydrogen) atoms. The Labute approximate surface area is 238 Å². The summed E-state index contributed by atoms with van der Waals surface area (Å²) in [5.74, 6) is -1.23. The standard InChI is InChI=1S/C28H38N8O5/c1-5-20(34-26(38)21(14-17(2)3)35-28(40)41-15-19-10-7-6-8-11-19)23(37)27(39)30-12-9-13-36-16-31-22-24(29)32-18(4)33-25(22)36/h6-8,10-11,16-17,20-21H,5,9,12-15H2,1-4H3,(H,30,39)(H,34,38)(H,35,40)(H2,29,32,33)/t20-,21-/m0/s1. The zero-order chi connectivity index (χ0) is 29.9. The first kappa shape index (κ1) is 31.0. The maximum atomic E-state index is 13.0. The number of nitrogens with two attached hydrogens (primary N) is 1. The molecule has 0 saturated carbocycles. The summed E-state index contributed by atoms with van der Waals surface area (Å²) >= 11 is 0. The van der Waals surface area contributed by atoms with E-state index < -0.39 is 35.8 Å². The second-order valence-corrected chi connectivity index (χ2v) is 10.1. The second-order valence-electron chi connectivity index (χ2n) is 10.1. The van der Waals surface area contributed by atoms with Crippen molar-refractivity contribution in [3.8, 4) is 0 Å². The Hall–Kier alpha value is -4.55. The minimum Gasteiger partial charge on any atom is -0.445 e. The van der Waals surface area contributed by atoms with Crippen LogP contribution < -0.4 is 21.7 Å². The first-order chi connectivity index (χ1) is 19.6. The predicted molar refractivity (Wildman–Crippen MR) is 152 cm³/mol. The van der Waals surface area contributed by atoms with Gasteiger partial charge in [-0.2, -0.15) is 0 Å². The topological polar surface area (TPSA) is 183 Å². The summed E-state index contributed by atoms with van der Waals surface area (Å²) in [5.41, 5.74) is 7.81. The quantitative estimate of drug-likeness (QED) is 0.167. The molecule has 3 aromatic rings. The molecular weight excluding hydrogens is 528 g/mol. The fraction of sp³-hybridized carbons (Fsp3) is 0.464. The average Bonchev–Trinajstić information content (AvgIpc) is 3.35. The van der Waals surface area contributed by atoms with Gasteiger partial charge in [0.2, 0.25) is 11.7 Å². The van der Waals surface area contributed by atoms with Gasteiger partial charge in [0.05, 0.1) is 12.4 Å². The van der Waals surface area contributed by atoms with E-state index in [0.717, 1.165) is 5.56 Å². The van der Waals surface area contributed by atoms with E-state index in [4.69, 9.17) is 10.5 Å². The normalized spacial score (nSPS) is 12.5. The maximum absolute atomic E-state index is 13.0. The highest BCUT2D eigenvalue weighted by atomic mass is 16.5. The predicted octanol–water partition coefficient (Wildman–Crippen LogP) is 2.03. The van der Waals surface area contributed by atoms with Crippen LogP contribution in [0.1, 0.15) is 51.4 Å². The van der Waals surface area contributed by atoms with Crippen LogP contribution in [0.25, 0.3) is 11.2 Å². The van der Waals surface area contributed by atoms with Crippen LogP contribution in [0.2, 0.25) is 0 Å². The van der Waals surface area contributed by atoms with Crippen molar-refractivity contribution >= 4 is 40.7 Å². The number of fused-ring (bicyclic) bond motifs is 1. The van der Waals surface area contributed by atoms with E-state index in [1.807, 2.05) is 44.2 Å². The molecule has 0 aliphatic carbocycles. The fourth-order valence-electron chi connectivity index (χ4n) is 4.17. The molecular formula is C28H38N8O5. The third-order valence-electron chi connectivity index (χ3n) is 6.26. The van der Waals surface area contributed by atoms with Gasteiger partial charge in [-0.25, -0.2) is 19.7 Å². The number of aromatic nitrogens is 4. The van der Waals surface area contributed by atoms with Gasteiger partial charge in [0.1, 0.15) is 24.0 Å². The largest absolute Gasteiger partial charge is 0.445 e. The molecule has 5 N–H and O–H groups in total. The molecule has 2 aromatic heterocycles. The van der Waals surface area contributed by atoms with E-state index >= 15 is 0 Å². The Morgan fingerprint density at radius 1 is 1.05 bits per heavy atom. The number of anilines is 1. The molecule has 0 fully saturated rings. The molecule has 0 aliphatic heterocycles. The number of nitrogen functional groups attached to an aromatic ring is 1. The van der Waals surface area contributed by atoms with Gasteiger partial charge in [-0.3, -0.25) is 14.4 Å². The third-order valence-corrected chi connectivity index (χ3v) is 6.26. The molecule has 2 heterocycles. The summed E-state index contributed by atoms with van der Waals surface area (Å²) < 4.78 is 7.05. The molecule has 0 saturated heterocycles. The first-order valence-electron chi connectivity index (χ1n) is 13.6. The van der Waals surface area contributed by atoms with Crippen LogP contribution in [0.15, 0.2) is 36.7 Å². The SMILES string of the molecule is CC[C@H](NC(=O)[C@H](CC(C)C)NC(=O)OCc1ccccc1)C(=O)C(=O)NCCCn1cnc2c(N)nc(C)nc21. The molecule has 0 radical (unpaired) electrons. The molecule has 0 unspecified atom stereocenters. The molecule has 220 valence electrons. The number of ether oxygens (including phenoxy) is 1. The van der Waals surface area contributed by atoms with Gasteiger partial charge in [0, 0.05) is 13.1 Å². The molecule has 1 aromatic carbocycles. The van der Waals surface area contributed by atoms with Crippen molar-refractivity contribution < 1.29 is 23.9 Å². The number of hydrogen-bond donors (Lipinski definition) is 4. The van der Waals surface area contributed by atoms with Gasteiger partial charge in [-0.15, -0.1) is 0 Å². The Bertz CT molecular complexity index is 1360. The number of imidazole rings is 1. The number of ketones is 1. The van der Waals surface area contributed by atoms with Crippen LogP contribution in [0.3, 0.4) is 0 Å². The third kappa shape index (κ3) is 8.98. The number of rotatable bonds is 14. The number of benzene rings is 1. The molecule has 0 spiro atoms. The minimum absolute atomic E-state index is 0.0530. The van der Waals surface area contributed by atoms with Crippen molar-refractivity contribution in [1.82, 2.24) is 35.5 Å². The molecule has 2 atom stereocenters. The monoisotopic (exact) mass is 566 g/mol. The highest BCUT2D eigenvalue weighted by Gasteiger charge is 2.29. The first-order valence-corrected chi connectivity index (χ1v) is 13.6. The summed E-state index contributed by atoms with van der Waals surface area (Å²) in [6, 6.07) is 7.18. The summed E-state index contributed by atoms with van der Waals surface area (Å²) in [5, 5.41) is 7.81. The van der Waals surface area contributed by atoms with E-state index in [1.54, 1.807) is 24.7 Å². The smallest absolute Gasteiger partial charge is 0.408 e. The maximum Gasteiger partial charge on any atom is 0.408 e. The number of nitrogens with one attached hydrogen (secondary N) is 3. The van der Waals surface area contributed by atoms with Crippen LogP contribution in [-0.2, 0) is 32.3 Å². The number of alkyl carbamates (subject to hydrolysis) is 1. The van der Waals surface area contributed by atoms with E-state index in [1.165, 1.54) is 0 Å². The van der Waals surface area contributed by atoms with E-state index in [-0.39, 0.29) is 25.5 Å². The van der Waals surface area contributed by atoms with Gasteiger partial charge in [0.25, 0.3) is 5.91 Å². The van der Waals surface area contributed by atoms with Crippen molar-refractivity contribution in [2.45, 2.75) is 72.2 Å². The number of carbonyl (C=O) groups excluding carboxylic acids is 4. The van der Waals surface area contributed by atoms with Crippen LogP contribution in [0.5, 0.6) is 0 Å². The fourth-order valence-corrected chi connectivity index (χ4v) is 4.17. The molecule has 0 bridgehead atoms. The Kier molecular flexibility index (Phi) is 11.1. The highest BCUT2D eigenvalue weighted by Crippen LogP contribution is 2.16. The van der Waals surface area contributed by atoms with Crippen LogP contribution >= 0.6 is 0 Å². The van der Waals surface area contributed by atoms with Gasteiger partial charge < -0.3 is 31.0 Å². The number of Topliss-reactive ketones (excluding diaryl/α,β-unsaturated/α-hetero) is 1. The van der Waals surface area contributed by atoms with E-state index in [9.17, 15) is 19.2 Å². The van der Waals surface area contributed by atoms with E-state index in [0.29, 0.717) is 42.2 Å². The minimum atomic E-state index is -1.04. The molecule has 3 rings (SSSR count). The van der Waals surface area contributed by atoms with Gasteiger partial charge in [-0.05, 0) is 37.7 Å². The van der Waals surface area contributed by atoms with Crippen molar-refractivity contribution in [3.63, 3.8) is 0 Å². The van der Waals surface area contributed by atoms with Crippen LogP contribution in [-0.4, -0.2) is 61.8 Å². The average molecular weight is 567 g/mol. The van der Waals surface area contributed by atoms with Crippen molar-refractivity contribution in [2.75, 3.05) is 12.3 Å². The number of nitrogens with zero attached hydrogens (tertiary/aromatic N) is 4. The molecule has 3 amide bonds. The number of aryl methyl sites for hydroxylation is 2. The molecule has 13 nitrogen and oxygen atoms in total. The van der Waals surface area contributed by atoms with Gasteiger partial charge in [0.15, 0.2) is 11.5 Å². The number of hydrogen-bond acceptors (Lipinski definition) is 9. The van der Waals surface area contributed by atoms with Crippen molar-refractivity contribution in [1.29, 1.82) is 0 Å². The number of carbonyl (C=O) groups is 4. The zero-order valence-corrected chi connectivity index (χ0v) is 23.8. The highest BCUT2D eigenvalue weighted by molar-refractivity contribution is 6.38. The van der Waals surface area contributed by atoms with Gasteiger partial charge >= 0.3 is 6.09 Å². The summed E-state index contributed by atoms with van der Waals surface area (Å²) in [4.78, 5) is 63.5. The molecule has 0 aliphatic rings. The lowest BCUT2D eigenvalue weighted by Gasteiger charge is -2.23. The zero-order valence-electron chi connectivity index (χ0n) is 23.8. The number of amides is 3. The lowest BCUT2D eigenvalue weighted by Crippen LogP contribution is -2.54. The van der Waals surface area contributed by atoms with Crippen LogP contribution in [0.4, 0.5) is 10.6 Å². The Morgan fingerprint density at radius 3 is 2.46 bits per heavy atom. The van der Waals surface area contributed by atoms with E-state index in [2.05, 4.69) is 30.9 Å². The lowest BCUT2D eigenvalue weighted by atomic mass is 10.0.